The summed E-state index contributed by atoms with van der Waals surface area (Å²) in [6, 6.07) is 6.69. The summed E-state index contributed by atoms with van der Waals surface area (Å²) in [5.41, 5.74) is 4.72. The Morgan fingerprint density at radius 1 is 1.21 bits per heavy atom. The lowest BCUT2D eigenvalue weighted by molar-refractivity contribution is -0.117. The summed E-state index contributed by atoms with van der Waals surface area (Å²) in [4.78, 5) is 13.8. The van der Waals surface area contributed by atoms with Crippen LogP contribution in [0.15, 0.2) is 53.8 Å². The number of carbonyl (C=O) groups excluding carboxylic acids is 1. The van der Waals surface area contributed by atoms with Gasteiger partial charge in [0.1, 0.15) is 5.75 Å². The first-order valence-corrected chi connectivity index (χ1v) is 13.2. The van der Waals surface area contributed by atoms with Gasteiger partial charge in [0.2, 0.25) is 0 Å². The van der Waals surface area contributed by atoms with Crippen LogP contribution in [0.1, 0.15) is 94.6 Å². The van der Waals surface area contributed by atoms with Crippen molar-refractivity contribution in [3.05, 3.63) is 64.9 Å². The van der Waals surface area contributed by atoms with Gasteiger partial charge in [0, 0.05) is 23.7 Å². The van der Waals surface area contributed by atoms with Crippen molar-refractivity contribution in [2.24, 2.45) is 11.8 Å². The molecule has 178 valence electrons. The number of nitrogens with one attached hydrogen (secondary N) is 1. The highest BCUT2D eigenvalue weighted by Gasteiger charge is 2.29. The zero-order valence-corrected chi connectivity index (χ0v) is 20.7. The molecule has 33 heavy (non-hydrogen) atoms. The van der Waals surface area contributed by atoms with Crippen molar-refractivity contribution < 1.29 is 9.53 Å². The van der Waals surface area contributed by atoms with E-state index in [1.165, 1.54) is 36.9 Å². The minimum Gasteiger partial charge on any atom is -0.496 e. The summed E-state index contributed by atoms with van der Waals surface area (Å²) in [7, 11) is 1.75. The van der Waals surface area contributed by atoms with Crippen molar-refractivity contribution in [3.63, 3.8) is 0 Å². The number of carbonyl (C=O) groups is 1. The van der Waals surface area contributed by atoms with Gasteiger partial charge in [0.15, 0.2) is 5.78 Å². The number of hydrogen-bond acceptors (Lipinski definition) is 3. The fraction of sp³-hybridized carbons (Fsp3) is 0.567. The van der Waals surface area contributed by atoms with Crippen LogP contribution < -0.4 is 10.1 Å². The van der Waals surface area contributed by atoms with Crippen molar-refractivity contribution in [2.75, 3.05) is 13.7 Å². The minimum atomic E-state index is -0.136. The molecule has 1 aromatic rings. The molecule has 0 aromatic heterocycles. The molecule has 1 aromatic carbocycles. The molecule has 3 heteroatoms. The summed E-state index contributed by atoms with van der Waals surface area (Å²) in [5, 5.41) is 3.50. The monoisotopic (exact) mass is 447 g/mol. The summed E-state index contributed by atoms with van der Waals surface area (Å²) in [6.07, 6.45) is 18.7. The molecule has 1 aliphatic heterocycles. The van der Waals surface area contributed by atoms with E-state index in [-0.39, 0.29) is 11.7 Å². The molecule has 4 rings (SSSR count). The molecule has 0 saturated heterocycles. The van der Waals surface area contributed by atoms with Gasteiger partial charge in [-0.25, -0.2) is 0 Å². The fourth-order valence-corrected chi connectivity index (χ4v) is 6.06. The Morgan fingerprint density at radius 2 is 2.06 bits per heavy atom. The lowest BCUT2D eigenvalue weighted by atomic mass is 9.75. The first-order chi connectivity index (χ1) is 16.1. The fourth-order valence-electron chi connectivity index (χ4n) is 6.06. The summed E-state index contributed by atoms with van der Waals surface area (Å²) >= 11 is 0. The van der Waals surface area contributed by atoms with Crippen LogP contribution in [0.2, 0.25) is 0 Å². The molecule has 0 amide bonds. The van der Waals surface area contributed by atoms with Gasteiger partial charge < -0.3 is 10.1 Å². The van der Waals surface area contributed by atoms with Gasteiger partial charge in [-0.05, 0) is 61.1 Å². The lowest BCUT2D eigenvalue weighted by Gasteiger charge is -2.30. The van der Waals surface area contributed by atoms with Crippen molar-refractivity contribution in [3.8, 4) is 5.75 Å². The molecule has 3 unspecified atom stereocenters. The van der Waals surface area contributed by atoms with Crippen molar-refractivity contribution in [2.45, 2.75) is 83.5 Å². The Morgan fingerprint density at radius 3 is 2.79 bits per heavy atom. The number of allylic oxidation sites excluding steroid dienone is 4. The quantitative estimate of drug-likeness (QED) is 0.457. The molecule has 1 heterocycles. The second-order valence-corrected chi connectivity index (χ2v) is 10.2. The molecular weight excluding hydrogens is 406 g/mol. The first-order valence-electron chi connectivity index (χ1n) is 13.2. The SMILES string of the molecule is CCCC(C(=O)C1=CC=CC(C2=CCCN2)CC1)c1ccc(C2CCCC[C@@H]2C)cc1OC. The van der Waals surface area contributed by atoms with Crippen LogP contribution >= 0.6 is 0 Å². The predicted molar refractivity (Wildman–Crippen MR) is 137 cm³/mol. The summed E-state index contributed by atoms with van der Waals surface area (Å²) in [6.45, 7) is 5.58. The number of hydrogen-bond donors (Lipinski definition) is 1. The third-order valence-electron chi connectivity index (χ3n) is 7.99. The molecule has 3 nitrogen and oxygen atoms in total. The van der Waals surface area contributed by atoms with Crippen LogP contribution in [0, 0.1) is 11.8 Å². The highest BCUT2D eigenvalue weighted by molar-refractivity contribution is 6.01. The number of Topliss-reactive ketones (excluding diaryl/α,β-unsaturated/α-hetero) is 1. The zero-order chi connectivity index (χ0) is 23.2. The smallest absolute Gasteiger partial charge is 0.166 e. The average molecular weight is 448 g/mol. The Labute approximate surface area is 200 Å². The second-order valence-electron chi connectivity index (χ2n) is 10.2. The van der Waals surface area contributed by atoms with Gasteiger partial charge >= 0.3 is 0 Å². The van der Waals surface area contributed by atoms with E-state index in [2.05, 4.69) is 61.7 Å². The number of ether oxygens (including phenoxy) is 1. The highest BCUT2D eigenvalue weighted by Crippen LogP contribution is 2.41. The maximum Gasteiger partial charge on any atom is 0.166 e. The van der Waals surface area contributed by atoms with E-state index in [1.54, 1.807) is 7.11 Å². The average Bonchev–Trinajstić information content (AvgIpc) is 3.27. The van der Waals surface area contributed by atoms with E-state index in [0.29, 0.717) is 17.8 Å². The number of ketones is 1. The van der Waals surface area contributed by atoms with Crippen molar-refractivity contribution >= 4 is 5.78 Å². The normalized spacial score (nSPS) is 26.1. The van der Waals surface area contributed by atoms with Crippen LogP contribution in [-0.4, -0.2) is 19.4 Å². The van der Waals surface area contributed by atoms with Crippen molar-refractivity contribution in [1.29, 1.82) is 0 Å². The summed E-state index contributed by atoms with van der Waals surface area (Å²) in [5.74, 6) is 2.73. The van der Waals surface area contributed by atoms with Crippen LogP contribution in [0.3, 0.4) is 0 Å². The molecule has 0 spiro atoms. The van der Waals surface area contributed by atoms with Gasteiger partial charge in [-0.1, -0.05) is 76.0 Å². The maximum atomic E-state index is 13.8. The maximum absolute atomic E-state index is 13.8. The largest absolute Gasteiger partial charge is 0.496 e. The zero-order valence-electron chi connectivity index (χ0n) is 20.7. The number of methoxy groups -OCH3 is 1. The van der Waals surface area contributed by atoms with E-state index >= 15 is 0 Å². The van der Waals surface area contributed by atoms with Crippen LogP contribution in [0.25, 0.3) is 0 Å². The lowest BCUT2D eigenvalue weighted by Crippen LogP contribution is -2.18. The Balaban J connectivity index is 1.54. The van der Waals surface area contributed by atoms with Gasteiger partial charge in [0.25, 0.3) is 0 Å². The van der Waals surface area contributed by atoms with E-state index in [4.69, 9.17) is 4.74 Å². The molecule has 0 radical (unpaired) electrons. The Kier molecular flexibility index (Phi) is 8.11. The Bertz CT molecular complexity index is 925. The second kappa shape index (κ2) is 11.2. The van der Waals surface area contributed by atoms with E-state index in [9.17, 15) is 4.79 Å². The van der Waals surface area contributed by atoms with Crippen LogP contribution in [-0.2, 0) is 4.79 Å². The molecule has 2 aliphatic carbocycles. The first kappa shape index (κ1) is 23.9. The van der Waals surface area contributed by atoms with Gasteiger partial charge in [-0.3, -0.25) is 4.79 Å². The molecule has 1 N–H and O–H groups in total. The molecule has 4 atom stereocenters. The third kappa shape index (κ3) is 5.45. The van der Waals surface area contributed by atoms with E-state index in [1.807, 2.05) is 0 Å². The van der Waals surface area contributed by atoms with Gasteiger partial charge in [-0.15, -0.1) is 0 Å². The summed E-state index contributed by atoms with van der Waals surface area (Å²) < 4.78 is 5.88. The predicted octanol–water partition coefficient (Wildman–Crippen LogP) is 7.21. The molecule has 3 aliphatic rings. The standard InChI is InChI=1S/C30H41NO2/c1-4-9-27(30(32)23-12-7-11-22(15-16-23)28-14-8-19-31-28)26-18-17-24(20-29(26)33-3)25-13-6-5-10-21(25)2/h7,11-12,14,17-18,20-22,25,27,31H,4-6,8-10,13,15-16,19H2,1-3H3/t21-,22?,25?,27?/m0/s1. The van der Waals surface area contributed by atoms with Gasteiger partial charge in [-0.2, -0.15) is 0 Å². The van der Waals surface area contributed by atoms with Crippen molar-refractivity contribution in [1.82, 2.24) is 5.32 Å². The topological polar surface area (TPSA) is 38.3 Å². The van der Waals surface area contributed by atoms with E-state index in [0.717, 1.165) is 55.5 Å². The highest BCUT2D eigenvalue weighted by atomic mass is 16.5. The molecule has 1 saturated carbocycles. The molecular formula is C30H41NO2. The number of benzene rings is 1. The molecule has 1 fully saturated rings. The molecule has 0 bridgehead atoms. The van der Waals surface area contributed by atoms with Gasteiger partial charge in [0.05, 0.1) is 13.0 Å². The van der Waals surface area contributed by atoms with Crippen LogP contribution in [0.5, 0.6) is 5.75 Å². The Hall–Kier alpha value is -2.29. The van der Waals surface area contributed by atoms with E-state index < -0.39 is 0 Å². The minimum absolute atomic E-state index is 0.136. The number of rotatable bonds is 8. The third-order valence-corrected chi connectivity index (χ3v) is 7.99. The van der Waals surface area contributed by atoms with Crippen LogP contribution in [0.4, 0.5) is 0 Å².